The highest BCUT2D eigenvalue weighted by Gasteiger charge is 2.10. The molecule has 1 aromatic heterocycles. The molecule has 0 N–H and O–H groups in total. The van der Waals surface area contributed by atoms with Crippen molar-refractivity contribution in [1.29, 1.82) is 0 Å². The maximum atomic E-state index is 6.08. The van der Waals surface area contributed by atoms with Crippen molar-refractivity contribution in [3.63, 3.8) is 0 Å². The zero-order valence-corrected chi connectivity index (χ0v) is 13.7. The number of hydrogen-bond acceptors (Lipinski definition) is 2. The molecule has 0 fully saturated rings. The first-order chi connectivity index (χ1) is 10.2. The molecule has 0 aliphatic heterocycles. The van der Waals surface area contributed by atoms with Gasteiger partial charge in [0.2, 0.25) is 5.88 Å². The van der Waals surface area contributed by atoms with Gasteiger partial charge in [0.05, 0.1) is 17.7 Å². The highest BCUT2D eigenvalue weighted by Crippen LogP contribution is 2.26. The van der Waals surface area contributed by atoms with Crippen LogP contribution in [0.2, 0.25) is 0 Å². The Hall–Kier alpha value is -1.28. The molecule has 21 heavy (non-hydrogen) atoms. The molecular formula is C18H24ClNO. The van der Waals surface area contributed by atoms with Crippen LogP contribution in [-0.2, 0) is 5.88 Å². The van der Waals surface area contributed by atoms with Gasteiger partial charge in [-0.15, -0.1) is 11.6 Å². The molecule has 1 heterocycles. The van der Waals surface area contributed by atoms with Crippen molar-refractivity contribution in [2.24, 2.45) is 0 Å². The summed E-state index contributed by atoms with van der Waals surface area (Å²) in [6, 6.07) is 10.2. The molecule has 0 aliphatic rings. The van der Waals surface area contributed by atoms with Gasteiger partial charge in [0, 0.05) is 5.39 Å². The summed E-state index contributed by atoms with van der Waals surface area (Å²) in [6.07, 6.45) is 6.31. The van der Waals surface area contributed by atoms with Crippen LogP contribution in [0.25, 0.3) is 10.8 Å². The number of hydrogen-bond donors (Lipinski definition) is 0. The Morgan fingerprint density at radius 2 is 2.00 bits per heavy atom. The van der Waals surface area contributed by atoms with E-state index in [1.54, 1.807) is 0 Å². The van der Waals surface area contributed by atoms with Gasteiger partial charge in [-0.25, -0.2) is 4.98 Å². The molecule has 2 nitrogen and oxygen atoms in total. The van der Waals surface area contributed by atoms with Gasteiger partial charge in [0.25, 0.3) is 0 Å². The smallest absolute Gasteiger partial charge is 0.221 e. The van der Waals surface area contributed by atoms with E-state index in [1.807, 2.05) is 18.2 Å². The Morgan fingerprint density at radius 3 is 2.76 bits per heavy atom. The van der Waals surface area contributed by atoms with Crippen LogP contribution in [0, 0.1) is 0 Å². The second-order valence-corrected chi connectivity index (χ2v) is 5.82. The summed E-state index contributed by atoms with van der Waals surface area (Å²) >= 11 is 5.94. The minimum Gasteiger partial charge on any atom is -0.474 e. The minimum atomic E-state index is 0.184. The molecular weight excluding hydrogens is 282 g/mol. The zero-order valence-electron chi connectivity index (χ0n) is 12.9. The second kappa shape index (κ2) is 8.23. The van der Waals surface area contributed by atoms with E-state index in [0.29, 0.717) is 11.8 Å². The van der Waals surface area contributed by atoms with Gasteiger partial charge >= 0.3 is 0 Å². The summed E-state index contributed by atoms with van der Waals surface area (Å²) < 4.78 is 6.08. The van der Waals surface area contributed by atoms with Crippen LogP contribution in [-0.4, -0.2) is 11.1 Å². The van der Waals surface area contributed by atoms with Crippen LogP contribution < -0.4 is 4.74 Å². The number of unbranched alkanes of at least 4 members (excludes halogenated alkanes) is 3. The van der Waals surface area contributed by atoms with Crippen LogP contribution in [0.1, 0.15) is 51.6 Å². The Kier molecular flexibility index (Phi) is 6.31. The summed E-state index contributed by atoms with van der Waals surface area (Å²) in [6.45, 7) is 4.35. The number of fused-ring (bicyclic) bond motifs is 1. The SMILES string of the molecule is CCCCCCC(C)Oc1nc(CCl)cc2ccccc12. The third-order valence-corrected chi connectivity index (χ3v) is 3.95. The van der Waals surface area contributed by atoms with Crippen molar-refractivity contribution >= 4 is 22.4 Å². The zero-order chi connectivity index (χ0) is 15.1. The average molecular weight is 306 g/mol. The third-order valence-electron chi connectivity index (χ3n) is 3.67. The Balaban J connectivity index is 2.09. The number of nitrogens with zero attached hydrogens (tertiary/aromatic N) is 1. The topological polar surface area (TPSA) is 22.1 Å². The summed E-state index contributed by atoms with van der Waals surface area (Å²) in [4.78, 5) is 4.55. The van der Waals surface area contributed by atoms with Gasteiger partial charge < -0.3 is 4.74 Å². The predicted octanol–water partition coefficient (Wildman–Crippen LogP) is 5.71. The molecule has 1 aromatic carbocycles. The summed E-state index contributed by atoms with van der Waals surface area (Å²) in [5.74, 6) is 1.12. The highest BCUT2D eigenvalue weighted by atomic mass is 35.5. The fourth-order valence-electron chi connectivity index (χ4n) is 2.49. The highest BCUT2D eigenvalue weighted by molar-refractivity contribution is 6.17. The predicted molar refractivity (Wildman–Crippen MR) is 90.1 cm³/mol. The van der Waals surface area contributed by atoms with Crippen molar-refractivity contribution in [1.82, 2.24) is 4.98 Å². The third kappa shape index (κ3) is 4.60. The Bertz CT molecular complexity index is 570. The Morgan fingerprint density at radius 1 is 1.19 bits per heavy atom. The summed E-state index contributed by atoms with van der Waals surface area (Å²) in [5.41, 5.74) is 0.864. The molecule has 0 saturated heterocycles. The molecule has 2 aromatic rings. The lowest BCUT2D eigenvalue weighted by atomic mass is 10.1. The van der Waals surface area contributed by atoms with Crippen LogP contribution in [0.15, 0.2) is 30.3 Å². The number of ether oxygens (including phenoxy) is 1. The van der Waals surface area contributed by atoms with E-state index in [1.165, 1.54) is 25.7 Å². The molecule has 114 valence electrons. The monoisotopic (exact) mass is 305 g/mol. The van der Waals surface area contributed by atoms with Crippen LogP contribution in [0.5, 0.6) is 5.88 Å². The van der Waals surface area contributed by atoms with Crippen LogP contribution >= 0.6 is 11.6 Å². The van der Waals surface area contributed by atoms with E-state index in [2.05, 4.69) is 31.0 Å². The molecule has 0 bridgehead atoms. The van der Waals surface area contributed by atoms with E-state index in [0.717, 1.165) is 22.9 Å². The summed E-state index contributed by atoms with van der Waals surface area (Å²) in [7, 11) is 0. The molecule has 0 spiro atoms. The molecule has 3 heteroatoms. The molecule has 2 rings (SSSR count). The van der Waals surface area contributed by atoms with E-state index in [4.69, 9.17) is 16.3 Å². The molecule has 0 aliphatic carbocycles. The van der Waals surface area contributed by atoms with Gasteiger partial charge in [-0.2, -0.15) is 0 Å². The van der Waals surface area contributed by atoms with E-state index in [-0.39, 0.29) is 6.10 Å². The van der Waals surface area contributed by atoms with Crippen molar-refractivity contribution in [2.75, 3.05) is 0 Å². The molecule has 0 radical (unpaired) electrons. The standard InChI is InChI=1S/C18H24ClNO/c1-3-4-5-6-9-14(2)21-18-17-11-8-7-10-15(17)12-16(13-19)20-18/h7-8,10-12,14H,3-6,9,13H2,1-2H3. The maximum absolute atomic E-state index is 6.08. The quantitative estimate of drug-likeness (QED) is 0.460. The van der Waals surface area contributed by atoms with Crippen molar-refractivity contribution in [3.8, 4) is 5.88 Å². The van der Waals surface area contributed by atoms with Gasteiger partial charge in [0.15, 0.2) is 0 Å². The van der Waals surface area contributed by atoms with Gasteiger partial charge in [0.1, 0.15) is 0 Å². The molecule has 0 amide bonds. The van der Waals surface area contributed by atoms with Gasteiger partial charge in [-0.1, -0.05) is 44.4 Å². The maximum Gasteiger partial charge on any atom is 0.221 e. The first-order valence-electron chi connectivity index (χ1n) is 7.86. The number of pyridine rings is 1. The number of alkyl halides is 1. The van der Waals surface area contributed by atoms with E-state index < -0.39 is 0 Å². The Labute approximate surface area is 132 Å². The first kappa shape index (κ1) is 16.1. The fourth-order valence-corrected chi connectivity index (χ4v) is 2.62. The normalized spacial score (nSPS) is 12.5. The van der Waals surface area contributed by atoms with E-state index >= 15 is 0 Å². The molecule has 0 saturated carbocycles. The van der Waals surface area contributed by atoms with Crippen molar-refractivity contribution < 1.29 is 4.74 Å². The van der Waals surface area contributed by atoms with E-state index in [9.17, 15) is 0 Å². The minimum absolute atomic E-state index is 0.184. The lowest BCUT2D eigenvalue weighted by Gasteiger charge is -2.16. The molecule has 1 atom stereocenters. The number of halogens is 1. The fraction of sp³-hybridized carbons (Fsp3) is 0.500. The largest absolute Gasteiger partial charge is 0.474 e. The van der Waals surface area contributed by atoms with Crippen molar-refractivity contribution in [3.05, 3.63) is 36.0 Å². The van der Waals surface area contributed by atoms with Gasteiger partial charge in [-0.05, 0) is 37.3 Å². The summed E-state index contributed by atoms with van der Waals surface area (Å²) in [5, 5.41) is 2.20. The number of benzene rings is 1. The molecule has 1 unspecified atom stereocenters. The van der Waals surface area contributed by atoms with Crippen LogP contribution in [0.4, 0.5) is 0 Å². The lowest BCUT2D eigenvalue weighted by Crippen LogP contribution is -2.13. The number of aromatic nitrogens is 1. The van der Waals surface area contributed by atoms with Crippen molar-refractivity contribution in [2.45, 2.75) is 57.9 Å². The van der Waals surface area contributed by atoms with Gasteiger partial charge in [-0.3, -0.25) is 0 Å². The average Bonchev–Trinajstić information content (AvgIpc) is 2.51. The lowest BCUT2D eigenvalue weighted by molar-refractivity contribution is 0.201. The van der Waals surface area contributed by atoms with Crippen LogP contribution in [0.3, 0.4) is 0 Å². The number of rotatable bonds is 8. The first-order valence-corrected chi connectivity index (χ1v) is 8.39. The second-order valence-electron chi connectivity index (χ2n) is 5.55.